The van der Waals surface area contributed by atoms with E-state index in [9.17, 15) is 4.79 Å². The Hall–Kier alpha value is -0.610. The Balaban J connectivity index is 1.91. The summed E-state index contributed by atoms with van der Waals surface area (Å²) in [6.45, 7) is 5.52. The summed E-state index contributed by atoms with van der Waals surface area (Å²) in [5.41, 5.74) is 0. The number of morpholine rings is 1. The molecule has 4 heteroatoms. The lowest BCUT2D eigenvalue weighted by molar-refractivity contribution is -0.155. The Bertz CT molecular complexity index is 265. The van der Waals surface area contributed by atoms with Gasteiger partial charge in [0.2, 0.25) is 5.91 Å². The van der Waals surface area contributed by atoms with Crippen molar-refractivity contribution in [2.75, 3.05) is 19.8 Å². The number of hydrogen-bond acceptors (Lipinski definition) is 3. The van der Waals surface area contributed by atoms with Crippen molar-refractivity contribution in [2.45, 2.75) is 57.8 Å². The van der Waals surface area contributed by atoms with Crippen molar-refractivity contribution < 1.29 is 14.3 Å². The zero-order valence-corrected chi connectivity index (χ0v) is 10.9. The van der Waals surface area contributed by atoms with Gasteiger partial charge in [-0.05, 0) is 26.7 Å². The Morgan fingerprint density at radius 3 is 2.94 bits per heavy atom. The van der Waals surface area contributed by atoms with E-state index in [1.54, 1.807) is 0 Å². The molecule has 2 unspecified atom stereocenters. The average Bonchev–Trinajstić information content (AvgIpc) is 2.35. The van der Waals surface area contributed by atoms with Crippen LogP contribution in [0.5, 0.6) is 0 Å². The lowest BCUT2D eigenvalue weighted by atomic mass is 9.90. The van der Waals surface area contributed by atoms with E-state index in [0.717, 1.165) is 19.4 Å². The van der Waals surface area contributed by atoms with Crippen molar-refractivity contribution in [3.8, 4) is 0 Å². The monoisotopic (exact) mass is 241 g/mol. The Morgan fingerprint density at radius 2 is 2.18 bits per heavy atom. The Kier molecular flexibility index (Phi) is 4.40. The van der Waals surface area contributed by atoms with Crippen LogP contribution in [0.4, 0.5) is 0 Å². The molecule has 17 heavy (non-hydrogen) atoms. The summed E-state index contributed by atoms with van der Waals surface area (Å²) in [4.78, 5) is 14.1. The van der Waals surface area contributed by atoms with Crippen LogP contribution in [0, 0.1) is 0 Å². The van der Waals surface area contributed by atoms with Crippen LogP contribution in [0.25, 0.3) is 0 Å². The predicted octanol–water partition coefficient (Wildman–Crippen LogP) is 1.58. The fourth-order valence-electron chi connectivity index (χ4n) is 2.73. The van der Waals surface area contributed by atoms with E-state index >= 15 is 0 Å². The first-order valence-electron chi connectivity index (χ1n) is 6.71. The van der Waals surface area contributed by atoms with E-state index in [4.69, 9.17) is 9.47 Å². The van der Waals surface area contributed by atoms with Gasteiger partial charge in [0.15, 0.2) is 0 Å². The first-order chi connectivity index (χ1) is 8.18. The lowest BCUT2D eigenvalue weighted by Crippen LogP contribution is -2.55. The molecule has 0 bridgehead atoms. The van der Waals surface area contributed by atoms with Crippen LogP contribution in [0.15, 0.2) is 0 Å². The Morgan fingerprint density at radius 1 is 1.41 bits per heavy atom. The van der Waals surface area contributed by atoms with E-state index in [2.05, 4.69) is 0 Å². The number of carbonyl (C=O) groups excluding carboxylic acids is 1. The third kappa shape index (κ3) is 3.19. The minimum atomic E-state index is 0.113. The zero-order valence-electron chi connectivity index (χ0n) is 10.9. The molecule has 0 radical (unpaired) electrons. The number of ether oxygens (including phenoxy) is 2. The largest absolute Gasteiger partial charge is 0.374 e. The van der Waals surface area contributed by atoms with Gasteiger partial charge in [0.1, 0.15) is 6.61 Å². The van der Waals surface area contributed by atoms with E-state index in [-0.39, 0.29) is 24.7 Å². The first kappa shape index (κ1) is 12.8. The number of carbonyl (C=O) groups is 1. The van der Waals surface area contributed by atoms with Crippen molar-refractivity contribution in [1.29, 1.82) is 0 Å². The molecule has 1 amide bonds. The van der Waals surface area contributed by atoms with Crippen molar-refractivity contribution in [2.24, 2.45) is 0 Å². The van der Waals surface area contributed by atoms with Crippen LogP contribution in [0.2, 0.25) is 0 Å². The first-order valence-corrected chi connectivity index (χ1v) is 6.71. The molecule has 1 aliphatic heterocycles. The maximum atomic E-state index is 12.1. The summed E-state index contributed by atoms with van der Waals surface area (Å²) in [5, 5.41) is 0. The summed E-state index contributed by atoms with van der Waals surface area (Å²) in [6.07, 6.45) is 4.99. The maximum Gasteiger partial charge on any atom is 0.248 e. The average molecular weight is 241 g/mol. The summed E-state index contributed by atoms with van der Waals surface area (Å²) in [5.74, 6) is 0.124. The Labute approximate surface area is 103 Å². The molecule has 98 valence electrons. The second kappa shape index (κ2) is 5.83. The molecular weight excluding hydrogens is 218 g/mol. The molecule has 2 atom stereocenters. The van der Waals surface area contributed by atoms with Gasteiger partial charge in [-0.2, -0.15) is 0 Å². The van der Waals surface area contributed by atoms with E-state index in [1.165, 1.54) is 12.8 Å². The van der Waals surface area contributed by atoms with Crippen LogP contribution in [0.3, 0.4) is 0 Å². The third-order valence-corrected chi connectivity index (χ3v) is 3.59. The second-order valence-electron chi connectivity index (χ2n) is 5.21. The molecule has 2 fully saturated rings. The van der Waals surface area contributed by atoms with Crippen molar-refractivity contribution >= 4 is 5.91 Å². The van der Waals surface area contributed by atoms with Crippen LogP contribution >= 0.6 is 0 Å². The van der Waals surface area contributed by atoms with Crippen LogP contribution < -0.4 is 0 Å². The van der Waals surface area contributed by atoms with Gasteiger partial charge in [0.05, 0.1) is 24.9 Å². The number of nitrogens with zero attached hydrogens (tertiary/aromatic N) is 1. The van der Waals surface area contributed by atoms with Crippen LogP contribution in [-0.4, -0.2) is 48.8 Å². The second-order valence-corrected chi connectivity index (χ2v) is 5.21. The van der Waals surface area contributed by atoms with Gasteiger partial charge >= 0.3 is 0 Å². The lowest BCUT2D eigenvalue weighted by Gasteiger charge is -2.43. The highest BCUT2D eigenvalue weighted by atomic mass is 16.5. The van der Waals surface area contributed by atoms with Gasteiger partial charge in [-0.3, -0.25) is 4.79 Å². The van der Waals surface area contributed by atoms with Crippen LogP contribution in [-0.2, 0) is 14.3 Å². The molecule has 1 heterocycles. The fraction of sp³-hybridized carbons (Fsp3) is 0.923. The smallest absolute Gasteiger partial charge is 0.248 e. The number of fused-ring (bicyclic) bond motifs is 1. The van der Waals surface area contributed by atoms with Crippen molar-refractivity contribution in [3.05, 3.63) is 0 Å². The van der Waals surface area contributed by atoms with Crippen molar-refractivity contribution in [3.63, 3.8) is 0 Å². The molecular formula is C13H23NO3. The molecule has 2 aliphatic rings. The van der Waals surface area contributed by atoms with Crippen molar-refractivity contribution in [1.82, 2.24) is 4.90 Å². The standard InChI is InChI=1S/C13H23NO3/c1-10(2)17-9-13(15)14-7-8-16-12-6-4-3-5-11(12)14/h10-12H,3-9H2,1-2H3. The molecule has 1 saturated carbocycles. The fourth-order valence-corrected chi connectivity index (χ4v) is 2.73. The topological polar surface area (TPSA) is 38.8 Å². The number of amides is 1. The molecule has 2 rings (SSSR count). The molecule has 0 aromatic rings. The van der Waals surface area contributed by atoms with Gasteiger partial charge in [-0.15, -0.1) is 0 Å². The summed E-state index contributed by atoms with van der Waals surface area (Å²) in [7, 11) is 0. The van der Waals surface area contributed by atoms with Crippen LogP contribution in [0.1, 0.15) is 39.5 Å². The minimum absolute atomic E-state index is 0.113. The third-order valence-electron chi connectivity index (χ3n) is 3.59. The minimum Gasteiger partial charge on any atom is -0.374 e. The molecule has 1 aliphatic carbocycles. The summed E-state index contributed by atoms with van der Waals surface area (Å²) < 4.78 is 11.2. The summed E-state index contributed by atoms with van der Waals surface area (Å²) in [6, 6.07) is 0.292. The van der Waals surface area contributed by atoms with Gasteiger partial charge in [0, 0.05) is 6.54 Å². The van der Waals surface area contributed by atoms with Gasteiger partial charge in [-0.1, -0.05) is 12.8 Å². The SMILES string of the molecule is CC(C)OCC(=O)N1CCOC2CCCCC21. The quantitative estimate of drug-likeness (QED) is 0.753. The number of rotatable bonds is 3. The highest BCUT2D eigenvalue weighted by Gasteiger charge is 2.36. The molecule has 0 aromatic carbocycles. The van der Waals surface area contributed by atoms with Gasteiger partial charge in [-0.25, -0.2) is 0 Å². The highest BCUT2D eigenvalue weighted by molar-refractivity contribution is 5.78. The maximum absolute atomic E-state index is 12.1. The normalized spacial score (nSPS) is 29.2. The predicted molar refractivity (Wildman–Crippen MR) is 64.8 cm³/mol. The molecule has 0 aromatic heterocycles. The molecule has 0 spiro atoms. The highest BCUT2D eigenvalue weighted by Crippen LogP contribution is 2.28. The van der Waals surface area contributed by atoms with Gasteiger partial charge < -0.3 is 14.4 Å². The zero-order chi connectivity index (χ0) is 12.3. The molecule has 0 N–H and O–H groups in total. The number of hydrogen-bond donors (Lipinski definition) is 0. The summed E-state index contributed by atoms with van der Waals surface area (Å²) >= 11 is 0. The molecule has 4 nitrogen and oxygen atoms in total. The van der Waals surface area contributed by atoms with E-state index in [0.29, 0.717) is 12.6 Å². The molecule has 1 saturated heterocycles. The van der Waals surface area contributed by atoms with Gasteiger partial charge in [0.25, 0.3) is 0 Å². The van der Waals surface area contributed by atoms with E-state index in [1.807, 2.05) is 18.7 Å². The van der Waals surface area contributed by atoms with E-state index < -0.39 is 0 Å².